The zero-order valence-corrected chi connectivity index (χ0v) is 12.6. The smallest absolute Gasteiger partial charge is 0.328 e. The molecule has 1 aromatic carbocycles. The molecular weight excluding hydrogens is 306 g/mol. The molecule has 1 saturated carbocycles. The molecule has 19 heavy (non-hydrogen) atoms. The van der Waals surface area contributed by atoms with E-state index in [1.807, 2.05) is 6.07 Å². The van der Waals surface area contributed by atoms with Crippen molar-refractivity contribution in [1.82, 2.24) is 0 Å². The lowest BCUT2D eigenvalue weighted by atomic mass is 10.1. The molecule has 1 aliphatic carbocycles. The Morgan fingerprint density at radius 2 is 2.26 bits per heavy atom. The van der Waals surface area contributed by atoms with Crippen molar-refractivity contribution in [1.29, 1.82) is 0 Å². The topological polar surface area (TPSA) is 40.5 Å². The second-order valence-corrected chi connectivity index (χ2v) is 5.71. The summed E-state index contributed by atoms with van der Waals surface area (Å²) < 4.78 is 0.928. The lowest BCUT2D eigenvalue weighted by molar-refractivity contribution is -0.131. The van der Waals surface area contributed by atoms with Gasteiger partial charge >= 0.3 is 5.97 Å². The van der Waals surface area contributed by atoms with Crippen molar-refractivity contribution in [2.45, 2.75) is 19.8 Å². The van der Waals surface area contributed by atoms with Gasteiger partial charge in [0.1, 0.15) is 0 Å². The van der Waals surface area contributed by atoms with Crippen LogP contribution in [-0.2, 0) is 4.79 Å². The molecule has 0 aromatic heterocycles. The number of carboxylic acid groups (broad SMARTS) is 1. The van der Waals surface area contributed by atoms with Crippen LogP contribution in [0.3, 0.4) is 0 Å². The third-order valence-corrected chi connectivity index (χ3v) is 4.00. The fraction of sp³-hybridized carbons (Fsp3) is 0.400. The minimum Gasteiger partial charge on any atom is -0.478 e. The largest absolute Gasteiger partial charge is 0.478 e. The molecule has 1 aromatic rings. The fourth-order valence-corrected chi connectivity index (χ4v) is 2.54. The first-order valence-electron chi connectivity index (χ1n) is 6.55. The van der Waals surface area contributed by atoms with Gasteiger partial charge in [0.2, 0.25) is 0 Å². The van der Waals surface area contributed by atoms with Gasteiger partial charge in [-0.25, -0.2) is 4.79 Å². The molecule has 0 unspecified atom stereocenters. The predicted molar refractivity (Wildman–Crippen MR) is 81.4 cm³/mol. The quantitative estimate of drug-likeness (QED) is 0.810. The summed E-state index contributed by atoms with van der Waals surface area (Å²) in [6.45, 7) is 4.27. The minimum absolute atomic E-state index is 0.852. The van der Waals surface area contributed by atoms with E-state index in [1.54, 1.807) is 6.08 Å². The van der Waals surface area contributed by atoms with Crippen molar-refractivity contribution in [3.05, 3.63) is 34.3 Å². The van der Waals surface area contributed by atoms with Crippen molar-refractivity contribution in [3.8, 4) is 0 Å². The SMILES string of the molecule is CCN(CC1CC1)c1ccc(/C=C/C(=O)O)c(Br)c1. The van der Waals surface area contributed by atoms with Crippen LogP contribution < -0.4 is 4.90 Å². The number of carboxylic acids is 1. The molecule has 2 rings (SSSR count). The van der Waals surface area contributed by atoms with E-state index in [-0.39, 0.29) is 0 Å². The maximum atomic E-state index is 10.5. The van der Waals surface area contributed by atoms with Gasteiger partial charge in [-0.3, -0.25) is 0 Å². The summed E-state index contributed by atoms with van der Waals surface area (Å²) in [5.74, 6) is -0.0785. The van der Waals surface area contributed by atoms with Gasteiger partial charge in [0, 0.05) is 29.3 Å². The van der Waals surface area contributed by atoms with E-state index in [0.717, 1.165) is 35.1 Å². The molecule has 0 atom stereocenters. The van der Waals surface area contributed by atoms with E-state index in [2.05, 4.69) is 39.9 Å². The number of aliphatic carboxylic acids is 1. The van der Waals surface area contributed by atoms with Crippen LogP contribution in [0, 0.1) is 5.92 Å². The number of hydrogen-bond donors (Lipinski definition) is 1. The van der Waals surface area contributed by atoms with Crippen LogP contribution in [0.15, 0.2) is 28.7 Å². The number of anilines is 1. The van der Waals surface area contributed by atoms with E-state index in [9.17, 15) is 4.79 Å². The van der Waals surface area contributed by atoms with E-state index >= 15 is 0 Å². The Bertz CT molecular complexity index is 495. The Morgan fingerprint density at radius 3 is 2.79 bits per heavy atom. The highest BCUT2D eigenvalue weighted by Crippen LogP contribution is 2.32. The number of hydrogen-bond acceptors (Lipinski definition) is 2. The number of nitrogens with zero attached hydrogens (tertiary/aromatic N) is 1. The van der Waals surface area contributed by atoms with Crippen LogP contribution in [0.5, 0.6) is 0 Å². The minimum atomic E-state index is -0.931. The Hall–Kier alpha value is -1.29. The molecule has 0 amide bonds. The number of halogens is 1. The van der Waals surface area contributed by atoms with Gasteiger partial charge in [0.25, 0.3) is 0 Å². The summed E-state index contributed by atoms with van der Waals surface area (Å²) in [4.78, 5) is 12.9. The van der Waals surface area contributed by atoms with Crippen molar-refractivity contribution >= 4 is 33.7 Å². The van der Waals surface area contributed by atoms with E-state index in [4.69, 9.17) is 5.11 Å². The van der Waals surface area contributed by atoms with Crippen molar-refractivity contribution in [2.24, 2.45) is 5.92 Å². The molecule has 0 spiro atoms. The number of rotatable bonds is 6. The molecule has 0 heterocycles. The third-order valence-electron chi connectivity index (χ3n) is 3.31. The summed E-state index contributed by atoms with van der Waals surface area (Å²) in [5, 5.41) is 8.64. The van der Waals surface area contributed by atoms with Gasteiger partial charge in [-0.2, -0.15) is 0 Å². The Kier molecular flexibility index (Phi) is 4.64. The molecule has 0 saturated heterocycles. The van der Waals surface area contributed by atoms with Gasteiger partial charge in [0.05, 0.1) is 0 Å². The summed E-state index contributed by atoms with van der Waals surface area (Å²) in [6, 6.07) is 6.07. The van der Waals surface area contributed by atoms with Gasteiger partial charge < -0.3 is 10.0 Å². The standard InChI is InChI=1S/C15H18BrNO2/c1-2-17(10-11-3-4-11)13-7-5-12(14(16)9-13)6-8-15(18)19/h5-9,11H,2-4,10H2,1H3,(H,18,19)/b8-6+. The van der Waals surface area contributed by atoms with Crippen LogP contribution >= 0.6 is 15.9 Å². The van der Waals surface area contributed by atoms with Crippen LogP contribution in [-0.4, -0.2) is 24.2 Å². The van der Waals surface area contributed by atoms with Gasteiger partial charge in [-0.15, -0.1) is 0 Å². The molecule has 0 radical (unpaired) electrons. The van der Waals surface area contributed by atoms with Gasteiger partial charge in [0.15, 0.2) is 0 Å². The van der Waals surface area contributed by atoms with Crippen molar-refractivity contribution in [2.75, 3.05) is 18.0 Å². The molecule has 102 valence electrons. The monoisotopic (exact) mass is 323 g/mol. The normalized spacial score (nSPS) is 14.8. The second-order valence-electron chi connectivity index (χ2n) is 4.86. The lowest BCUT2D eigenvalue weighted by Crippen LogP contribution is -2.25. The van der Waals surface area contributed by atoms with E-state index in [0.29, 0.717) is 0 Å². The Labute approximate surface area is 122 Å². The lowest BCUT2D eigenvalue weighted by Gasteiger charge is -2.23. The highest BCUT2D eigenvalue weighted by atomic mass is 79.9. The zero-order valence-electron chi connectivity index (χ0n) is 11.0. The Balaban J connectivity index is 2.14. The molecule has 3 nitrogen and oxygen atoms in total. The van der Waals surface area contributed by atoms with Crippen molar-refractivity contribution in [3.63, 3.8) is 0 Å². The van der Waals surface area contributed by atoms with Gasteiger partial charge in [-0.05, 0) is 49.5 Å². The number of carbonyl (C=O) groups is 1. The zero-order chi connectivity index (χ0) is 13.8. The molecule has 0 aliphatic heterocycles. The molecule has 4 heteroatoms. The van der Waals surface area contributed by atoms with Crippen LogP contribution in [0.1, 0.15) is 25.3 Å². The molecule has 1 fully saturated rings. The van der Waals surface area contributed by atoms with Crippen LogP contribution in [0.2, 0.25) is 0 Å². The summed E-state index contributed by atoms with van der Waals surface area (Å²) >= 11 is 3.51. The van der Waals surface area contributed by atoms with Crippen molar-refractivity contribution < 1.29 is 9.90 Å². The first-order chi connectivity index (χ1) is 9.10. The first-order valence-corrected chi connectivity index (χ1v) is 7.35. The predicted octanol–water partition coefficient (Wildman–Crippen LogP) is 3.78. The Morgan fingerprint density at radius 1 is 1.53 bits per heavy atom. The summed E-state index contributed by atoms with van der Waals surface area (Å²) in [7, 11) is 0. The van der Waals surface area contributed by atoms with Crippen LogP contribution in [0.25, 0.3) is 6.08 Å². The average molecular weight is 324 g/mol. The molecular formula is C15H18BrNO2. The molecule has 1 aliphatic rings. The van der Waals surface area contributed by atoms with Crippen LogP contribution in [0.4, 0.5) is 5.69 Å². The highest BCUT2D eigenvalue weighted by molar-refractivity contribution is 9.10. The number of benzene rings is 1. The average Bonchev–Trinajstić information content (AvgIpc) is 3.18. The fourth-order valence-electron chi connectivity index (χ4n) is 2.04. The summed E-state index contributed by atoms with van der Waals surface area (Å²) in [5.41, 5.74) is 2.07. The van der Waals surface area contributed by atoms with E-state index < -0.39 is 5.97 Å². The third kappa shape index (κ3) is 4.10. The molecule has 1 N–H and O–H groups in total. The second kappa shape index (κ2) is 6.24. The van der Waals surface area contributed by atoms with E-state index in [1.165, 1.54) is 18.5 Å². The molecule has 0 bridgehead atoms. The highest BCUT2D eigenvalue weighted by Gasteiger charge is 2.23. The maximum absolute atomic E-state index is 10.5. The maximum Gasteiger partial charge on any atom is 0.328 e. The first kappa shape index (κ1) is 14.1. The summed E-state index contributed by atoms with van der Waals surface area (Å²) in [6.07, 6.45) is 5.45. The van der Waals surface area contributed by atoms with Gasteiger partial charge in [-0.1, -0.05) is 22.0 Å².